The summed E-state index contributed by atoms with van der Waals surface area (Å²) in [5.74, 6) is -0.590. The summed E-state index contributed by atoms with van der Waals surface area (Å²) in [7, 11) is 0. The molecule has 0 bridgehead atoms. The molecule has 6 heteroatoms. The van der Waals surface area contributed by atoms with Crippen LogP contribution in [0, 0.1) is 12.8 Å². The van der Waals surface area contributed by atoms with E-state index in [0.717, 1.165) is 35.4 Å². The summed E-state index contributed by atoms with van der Waals surface area (Å²) in [6.07, 6.45) is 1.66. The Bertz CT molecular complexity index is 825. The number of aryl methyl sites for hydroxylation is 1. The average molecular weight is 387 g/mol. The molecule has 142 valence electrons. The number of piperidine rings is 1. The Balaban J connectivity index is 1.86. The predicted molar refractivity (Wildman–Crippen MR) is 107 cm³/mol. The van der Waals surface area contributed by atoms with Gasteiger partial charge >= 0.3 is 0 Å². The molecular formula is C21H25ClN3O2+. The molecule has 1 unspecified atom stereocenters. The van der Waals surface area contributed by atoms with Gasteiger partial charge in [0.25, 0.3) is 5.91 Å². The molecule has 4 N–H and O–H groups in total. The zero-order chi connectivity index (χ0) is 19.4. The van der Waals surface area contributed by atoms with E-state index in [9.17, 15) is 9.59 Å². The van der Waals surface area contributed by atoms with Gasteiger partial charge in [0.2, 0.25) is 5.91 Å². The summed E-state index contributed by atoms with van der Waals surface area (Å²) in [5.41, 5.74) is 8.08. The SMILES string of the molecule is Cc1ccc(NC(=O)[C@H](c2ccccc2)[NH+]2CCC[C@H](C(N)=O)C2)cc1Cl. The summed E-state index contributed by atoms with van der Waals surface area (Å²) >= 11 is 6.19. The third kappa shape index (κ3) is 4.67. The van der Waals surface area contributed by atoms with Crippen LogP contribution >= 0.6 is 11.6 Å². The highest BCUT2D eigenvalue weighted by Crippen LogP contribution is 2.21. The molecule has 1 aliphatic heterocycles. The van der Waals surface area contributed by atoms with Gasteiger partial charge in [-0.3, -0.25) is 9.59 Å². The molecule has 1 aliphatic rings. The van der Waals surface area contributed by atoms with Gasteiger partial charge in [-0.1, -0.05) is 48.0 Å². The molecular weight excluding hydrogens is 362 g/mol. The van der Waals surface area contributed by atoms with E-state index in [4.69, 9.17) is 17.3 Å². The molecule has 0 aromatic heterocycles. The van der Waals surface area contributed by atoms with Crippen molar-refractivity contribution in [3.63, 3.8) is 0 Å². The van der Waals surface area contributed by atoms with Gasteiger partial charge in [-0.2, -0.15) is 0 Å². The fourth-order valence-electron chi connectivity index (χ4n) is 3.70. The van der Waals surface area contributed by atoms with Crippen molar-refractivity contribution in [2.24, 2.45) is 11.7 Å². The zero-order valence-electron chi connectivity index (χ0n) is 15.4. The van der Waals surface area contributed by atoms with Crippen LogP contribution in [0.2, 0.25) is 5.02 Å². The Labute approximate surface area is 164 Å². The molecule has 0 aliphatic carbocycles. The van der Waals surface area contributed by atoms with E-state index in [1.54, 1.807) is 6.07 Å². The number of halogens is 1. The average Bonchev–Trinajstić information content (AvgIpc) is 2.66. The topological polar surface area (TPSA) is 76.6 Å². The van der Waals surface area contributed by atoms with Crippen LogP contribution in [0.25, 0.3) is 0 Å². The minimum absolute atomic E-state index is 0.110. The number of nitrogens with one attached hydrogen (secondary N) is 2. The van der Waals surface area contributed by atoms with Gasteiger partial charge in [-0.05, 0) is 37.5 Å². The number of hydrogen-bond donors (Lipinski definition) is 3. The molecule has 0 spiro atoms. The van der Waals surface area contributed by atoms with Crippen LogP contribution in [0.3, 0.4) is 0 Å². The molecule has 5 nitrogen and oxygen atoms in total. The van der Waals surface area contributed by atoms with Crippen molar-refractivity contribution in [2.75, 3.05) is 18.4 Å². The lowest BCUT2D eigenvalue weighted by molar-refractivity contribution is -0.928. The fourth-order valence-corrected chi connectivity index (χ4v) is 3.88. The number of carbonyl (C=O) groups excluding carboxylic acids is 2. The highest BCUT2D eigenvalue weighted by molar-refractivity contribution is 6.31. The third-order valence-corrected chi connectivity index (χ3v) is 5.61. The number of nitrogens with two attached hydrogens (primary N) is 1. The number of quaternary nitrogens is 1. The first-order valence-electron chi connectivity index (χ1n) is 9.21. The summed E-state index contributed by atoms with van der Waals surface area (Å²) in [4.78, 5) is 25.9. The largest absolute Gasteiger partial charge is 0.369 e. The molecule has 2 aromatic carbocycles. The smallest absolute Gasteiger partial charge is 0.287 e. The van der Waals surface area contributed by atoms with E-state index in [1.807, 2.05) is 49.4 Å². The van der Waals surface area contributed by atoms with Crippen molar-refractivity contribution in [3.05, 3.63) is 64.7 Å². The van der Waals surface area contributed by atoms with E-state index in [1.165, 1.54) is 0 Å². The van der Waals surface area contributed by atoms with Crippen molar-refractivity contribution in [2.45, 2.75) is 25.8 Å². The van der Waals surface area contributed by atoms with Crippen LogP contribution in [-0.4, -0.2) is 24.9 Å². The lowest BCUT2D eigenvalue weighted by Gasteiger charge is -2.33. The number of likely N-dealkylation sites (tertiary alicyclic amines) is 1. The van der Waals surface area contributed by atoms with Crippen molar-refractivity contribution < 1.29 is 14.5 Å². The summed E-state index contributed by atoms with van der Waals surface area (Å²) in [6.45, 7) is 3.31. The summed E-state index contributed by atoms with van der Waals surface area (Å²) in [5, 5.41) is 3.60. The predicted octanol–water partition coefficient (Wildman–Crippen LogP) is 2.11. The Morgan fingerprint density at radius 3 is 2.63 bits per heavy atom. The van der Waals surface area contributed by atoms with E-state index < -0.39 is 6.04 Å². The molecule has 2 amide bonds. The molecule has 1 heterocycles. The number of carbonyl (C=O) groups is 2. The number of amides is 2. The van der Waals surface area contributed by atoms with Crippen molar-refractivity contribution in [1.29, 1.82) is 0 Å². The van der Waals surface area contributed by atoms with E-state index in [-0.39, 0.29) is 17.7 Å². The highest BCUT2D eigenvalue weighted by Gasteiger charge is 2.37. The van der Waals surface area contributed by atoms with Crippen molar-refractivity contribution in [3.8, 4) is 0 Å². The van der Waals surface area contributed by atoms with Crippen LogP contribution in [0.5, 0.6) is 0 Å². The van der Waals surface area contributed by atoms with Gasteiger partial charge in [-0.15, -0.1) is 0 Å². The van der Waals surface area contributed by atoms with E-state index in [0.29, 0.717) is 17.3 Å². The van der Waals surface area contributed by atoms with E-state index in [2.05, 4.69) is 5.32 Å². The summed E-state index contributed by atoms with van der Waals surface area (Å²) < 4.78 is 0. The normalized spacial score (nSPS) is 20.7. The lowest BCUT2D eigenvalue weighted by Crippen LogP contribution is -3.15. The van der Waals surface area contributed by atoms with Crippen LogP contribution in [-0.2, 0) is 9.59 Å². The van der Waals surface area contributed by atoms with Gasteiger partial charge in [0.05, 0.1) is 19.0 Å². The number of anilines is 1. The van der Waals surface area contributed by atoms with Gasteiger partial charge in [0.1, 0.15) is 0 Å². The Morgan fingerprint density at radius 1 is 1.22 bits per heavy atom. The quantitative estimate of drug-likeness (QED) is 0.736. The second kappa shape index (κ2) is 8.55. The highest BCUT2D eigenvalue weighted by atomic mass is 35.5. The van der Waals surface area contributed by atoms with E-state index >= 15 is 0 Å². The maximum Gasteiger partial charge on any atom is 0.287 e. The van der Waals surface area contributed by atoms with Crippen LogP contribution in [0.1, 0.15) is 30.0 Å². The maximum atomic E-state index is 13.2. The minimum Gasteiger partial charge on any atom is -0.369 e. The van der Waals surface area contributed by atoms with Crippen LogP contribution in [0.15, 0.2) is 48.5 Å². The third-order valence-electron chi connectivity index (χ3n) is 5.20. The summed E-state index contributed by atoms with van der Waals surface area (Å²) in [6, 6.07) is 14.8. The lowest BCUT2D eigenvalue weighted by atomic mass is 9.94. The number of hydrogen-bond acceptors (Lipinski definition) is 2. The monoisotopic (exact) mass is 386 g/mol. The first-order valence-corrected chi connectivity index (χ1v) is 9.59. The first kappa shape index (κ1) is 19.4. The van der Waals surface area contributed by atoms with Crippen LogP contribution in [0.4, 0.5) is 5.69 Å². The number of primary amides is 1. The first-order chi connectivity index (χ1) is 13.0. The second-order valence-corrected chi connectivity index (χ2v) is 7.56. The van der Waals surface area contributed by atoms with Crippen molar-refractivity contribution >= 4 is 29.1 Å². The van der Waals surface area contributed by atoms with Crippen LogP contribution < -0.4 is 16.0 Å². The molecule has 0 saturated carbocycles. The molecule has 3 atom stereocenters. The van der Waals surface area contributed by atoms with Gasteiger partial charge < -0.3 is 16.0 Å². The number of benzene rings is 2. The van der Waals surface area contributed by atoms with Gasteiger partial charge in [-0.25, -0.2) is 0 Å². The van der Waals surface area contributed by atoms with Crippen molar-refractivity contribution in [1.82, 2.24) is 0 Å². The fraction of sp³-hybridized carbons (Fsp3) is 0.333. The Hall–Kier alpha value is -2.37. The molecule has 27 heavy (non-hydrogen) atoms. The molecule has 0 radical (unpaired) electrons. The Kier molecular flexibility index (Phi) is 6.14. The minimum atomic E-state index is -0.409. The molecule has 2 aromatic rings. The second-order valence-electron chi connectivity index (χ2n) is 7.15. The molecule has 3 rings (SSSR count). The number of rotatable bonds is 5. The zero-order valence-corrected chi connectivity index (χ0v) is 16.1. The molecule has 1 fully saturated rings. The molecule has 1 saturated heterocycles. The van der Waals surface area contributed by atoms with Gasteiger partial charge in [0, 0.05) is 16.3 Å². The van der Waals surface area contributed by atoms with Gasteiger partial charge in [0.15, 0.2) is 6.04 Å². The maximum absolute atomic E-state index is 13.2. The standard InChI is InChI=1S/C21H24ClN3O2/c1-14-9-10-17(12-18(14)22)24-21(27)19(15-6-3-2-4-7-15)25-11-5-8-16(13-25)20(23)26/h2-4,6-7,9-10,12,16,19H,5,8,11,13H2,1H3,(H2,23,26)(H,24,27)/p+1/t16-,19-/m0/s1. The Morgan fingerprint density at radius 2 is 1.96 bits per heavy atom.